The Morgan fingerprint density at radius 1 is 1.23 bits per heavy atom. The van der Waals surface area contributed by atoms with Gasteiger partial charge in [-0.2, -0.15) is 0 Å². The molecule has 0 aliphatic carbocycles. The van der Waals surface area contributed by atoms with Crippen LogP contribution < -0.4 is 5.32 Å². The maximum atomic E-state index is 13.5. The first-order valence-corrected chi connectivity index (χ1v) is 7.03. The highest BCUT2D eigenvalue weighted by Gasteiger charge is 2.15. The summed E-state index contributed by atoms with van der Waals surface area (Å²) >= 11 is 11.5. The zero-order valence-corrected chi connectivity index (χ0v) is 12.8. The van der Waals surface area contributed by atoms with E-state index >= 15 is 0 Å². The number of aryl methyl sites for hydroxylation is 1. The van der Waals surface area contributed by atoms with Gasteiger partial charge in [0.25, 0.3) is 5.91 Å². The molecule has 0 radical (unpaired) electrons. The lowest BCUT2D eigenvalue weighted by atomic mass is 10.2. The first-order chi connectivity index (χ1) is 10.4. The Balaban J connectivity index is 1.90. The van der Waals surface area contributed by atoms with Crippen LogP contribution in [0, 0.1) is 12.7 Å². The van der Waals surface area contributed by atoms with E-state index < -0.39 is 11.7 Å². The minimum Gasteiger partial charge on any atom is -0.441 e. The fraction of sp³-hybridized carbons (Fsp3) is 0.0667. The van der Waals surface area contributed by atoms with Crippen molar-refractivity contribution in [3.05, 3.63) is 57.6 Å². The van der Waals surface area contributed by atoms with Gasteiger partial charge < -0.3 is 9.73 Å². The lowest BCUT2D eigenvalue weighted by Crippen LogP contribution is -2.12. The van der Waals surface area contributed by atoms with E-state index in [2.05, 4.69) is 10.3 Å². The van der Waals surface area contributed by atoms with Crippen molar-refractivity contribution in [2.45, 2.75) is 6.92 Å². The van der Waals surface area contributed by atoms with Crippen molar-refractivity contribution >= 4 is 45.9 Å². The van der Waals surface area contributed by atoms with E-state index in [1.807, 2.05) is 0 Å². The molecule has 0 unspecified atom stereocenters. The molecule has 7 heteroatoms. The zero-order valence-electron chi connectivity index (χ0n) is 11.3. The molecule has 22 heavy (non-hydrogen) atoms. The number of aromatic nitrogens is 1. The molecule has 0 aliphatic heterocycles. The number of nitrogens with zero attached hydrogens (tertiary/aromatic N) is 1. The van der Waals surface area contributed by atoms with Crippen LogP contribution in [0.25, 0.3) is 11.1 Å². The molecule has 1 amide bonds. The maximum absolute atomic E-state index is 13.5. The van der Waals surface area contributed by atoms with E-state index in [0.29, 0.717) is 22.7 Å². The van der Waals surface area contributed by atoms with Crippen molar-refractivity contribution in [1.29, 1.82) is 0 Å². The predicted octanol–water partition coefficient (Wildman–Crippen LogP) is 4.83. The van der Waals surface area contributed by atoms with Crippen LogP contribution in [0.2, 0.25) is 10.0 Å². The fourth-order valence-electron chi connectivity index (χ4n) is 2.02. The molecular weight excluding hydrogens is 330 g/mol. The first kappa shape index (κ1) is 14.8. The van der Waals surface area contributed by atoms with Crippen molar-refractivity contribution in [3.8, 4) is 0 Å². The molecular formula is C15H9Cl2FN2O2. The van der Waals surface area contributed by atoms with Gasteiger partial charge in [-0.1, -0.05) is 23.2 Å². The second-order valence-electron chi connectivity index (χ2n) is 4.62. The fourth-order valence-corrected chi connectivity index (χ4v) is 2.48. The number of amides is 1. The van der Waals surface area contributed by atoms with Crippen LogP contribution in [0.15, 0.2) is 34.7 Å². The van der Waals surface area contributed by atoms with Gasteiger partial charge in [0, 0.05) is 12.6 Å². The number of hydrogen-bond acceptors (Lipinski definition) is 3. The number of halogens is 3. The van der Waals surface area contributed by atoms with Gasteiger partial charge >= 0.3 is 0 Å². The molecule has 0 saturated heterocycles. The van der Waals surface area contributed by atoms with Gasteiger partial charge in [0.15, 0.2) is 11.5 Å². The summed E-state index contributed by atoms with van der Waals surface area (Å²) in [5, 5.41) is 2.57. The normalized spacial score (nSPS) is 10.9. The molecule has 1 aromatic heterocycles. The second-order valence-corrected chi connectivity index (χ2v) is 5.43. The van der Waals surface area contributed by atoms with Gasteiger partial charge in [0.1, 0.15) is 11.3 Å². The van der Waals surface area contributed by atoms with E-state index in [-0.39, 0.29) is 15.6 Å². The highest BCUT2D eigenvalue weighted by Crippen LogP contribution is 2.26. The lowest BCUT2D eigenvalue weighted by Gasteiger charge is -2.07. The third-order valence-corrected chi connectivity index (χ3v) is 3.61. The summed E-state index contributed by atoms with van der Waals surface area (Å²) in [4.78, 5) is 16.4. The monoisotopic (exact) mass is 338 g/mol. The quantitative estimate of drug-likeness (QED) is 0.680. The molecule has 1 heterocycles. The van der Waals surface area contributed by atoms with Crippen molar-refractivity contribution in [3.63, 3.8) is 0 Å². The SMILES string of the molecule is Cc1nc2cc(NC(=O)c3cc(F)c(Cl)cc3Cl)ccc2o1. The second kappa shape index (κ2) is 5.59. The van der Waals surface area contributed by atoms with Crippen molar-refractivity contribution in [1.82, 2.24) is 4.98 Å². The van der Waals surface area contributed by atoms with E-state index in [1.165, 1.54) is 6.07 Å². The molecule has 3 rings (SSSR count). The molecule has 0 bridgehead atoms. The van der Waals surface area contributed by atoms with Crippen LogP contribution in [-0.4, -0.2) is 10.9 Å². The van der Waals surface area contributed by atoms with Crippen LogP contribution in [0.1, 0.15) is 16.2 Å². The molecule has 2 aromatic carbocycles. The van der Waals surface area contributed by atoms with Gasteiger partial charge in [0.2, 0.25) is 0 Å². The van der Waals surface area contributed by atoms with E-state index in [0.717, 1.165) is 6.07 Å². The van der Waals surface area contributed by atoms with E-state index in [9.17, 15) is 9.18 Å². The van der Waals surface area contributed by atoms with Crippen molar-refractivity contribution < 1.29 is 13.6 Å². The summed E-state index contributed by atoms with van der Waals surface area (Å²) in [6, 6.07) is 7.19. The molecule has 4 nitrogen and oxygen atoms in total. The third-order valence-electron chi connectivity index (χ3n) is 3.01. The minimum absolute atomic E-state index is 0.00000281. The van der Waals surface area contributed by atoms with Crippen LogP contribution in [0.5, 0.6) is 0 Å². The van der Waals surface area contributed by atoms with Crippen LogP contribution in [0.4, 0.5) is 10.1 Å². The highest BCUT2D eigenvalue weighted by molar-refractivity contribution is 6.37. The summed E-state index contributed by atoms with van der Waals surface area (Å²) in [7, 11) is 0. The largest absolute Gasteiger partial charge is 0.441 e. The topological polar surface area (TPSA) is 55.1 Å². The van der Waals surface area contributed by atoms with E-state index in [4.69, 9.17) is 27.6 Å². The Morgan fingerprint density at radius 2 is 2.00 bits per heavy atom. The Morgan fingerprint density at radius 3 is 2.77 bits per heavy atom. The molecule has 0 aliphatic rings. The van der Waals surface area contributed by atoms with Gasteiger partial charge in [0.05, 0.1) is 15.6 Å². The summed E-state index contributed by atoms with van der Waals surface area (Å²) in [5.41, 5.74) is 1.73. The zero-order chi connectivity index (χ0) is 15.9. The van der Waals surface area contributed by atoms with Gasteiger partial charge in [-0.15, -0.1) is 0 Å². The first-order valence-electron chi connectivity index (χ1n) is 6.27. The standard InChI is InChI=1S/C15H9Cl2FN2O2/c1-7-19-13-4-8(2-3-14(13)22-7)20-15(21)9-5-12(18)11(17)6-10(9)16/h2-6H,1H3,(H,20,21). The van der Waals surface area contributed by atoms with Gasteiger partial charge in [-0.05, 0) is 30.3 Å². The van der Waals surface area contributed by atoms with Crippen molar-refractivity contribution in [2.24, 2.45) is 0 Å². The number of rotatable bonds is 2. The van der Waals surface area contributed by atoms with Gasteiger partial charge in [-0.3, -0.25) is 4.79 Å². The number of nitrogens with one attached hydrogen (secondary N) is 1. The average Bonchev–Trinajstić information content (AvgIpc) is 2.82. The number of oxazole rings is 1. The molecule has 0 fully saturated rings. The minimum atomic E-state index is -0.709. The smallest absolute Gasteiger partial charge is 0.257 e. The number of anilines is 1. The van der Waals surface area contributed by atoms with Crippen molar-refractivity contribution in [2.75, 3.05) is 5.32 Å². The Bertz CT molecular complexity index is 893. The lowest BCUT2D eigenvalue weighted by molar-refractivity contribution is 0.102. The predicted molar refractivity (Wildman–Crippen MR) is 83.1 cm³/mol. The number of benzene rings is 2. The Kier molecular flexibility index (Phi) is 3.76. The molecule has 3 aromatic rings. The summed E-state index contributed by atoms with van der Waals surface area (Å²) < 4.78 is 18.8. The average molecular weight is 339 g/mol. The molecule has 0 atom stereocenters. The van der Waals surface area contributed by atoms with Crippen LogP contribution in [-0.2, 0) is 0 Å². The highest BCUT2D eigenvalue weighted by atomic mass is 35.5. The number of carbonyl (C=O) groups is 1. The Labute approximate surface area is 134 Å². The number of fused-ring (bicyclic) bond motifs is 1. The van der Waals surface area contributed by atoms with E-state index in [1.54, 1.807) is 25.1 Å². The van der Waals surface area contributed by atoms with Crippen LogP contribution >= 0.6 is 23.2 Å². The number of hydrogen-bond donors (Lipinski definition) is 1. The number of carbonyl (C=O) groups excluding carboxylic acids is 1. The molecule has 0 spiro atoms. The van der Waals surface area contributed by atoms with Crippen LogP contribution in [0.3, 0.4) is 0 Å². The summed E-state index contributed by atoms with van der Waals surface area (Å²) in [5.74, 6) is -0.722. The van der Waals surface area contributed by atoms with Gasteiger partial charge in [-0.25, -0.2) is 9.37 Å². The molecule has 0 saturated carbocycles. The third kappa shape index (κ3) is 2.77. The summed E-state index contributed by atoms with van der Waals surface area (Å²) in [6.07, 6.45) is 0. The molecule has 1 N–H and O–H groups in total. The summed E-state index contributed by atoms with van der Waals surface area (Å²) in [6.45, 7) is 1.73. The maximum Gasteiger partial charge on any atom is 0.257 e. The molecule has 112 valence electrons. The Hall–Kier alpha value is -2.11.